The van der Waals surface area contributed by atoms with Crippen LogP contribution in [0.15, 0.2) is 48.5 Å². The van der Waals surface area contributed by atoms with Crippen molar-refractivity contribution in [3.05, 3.63) is 69.8 Å². The highest BCUT2D eigenvalue weighted by atomic mass is 16.6. The van der Waals surface area contributed by atoms with Crippen LogP contribution in [0.4, 0.5) is 5.69 Å². The van der Waals surface area contributed by atoms with Gasteiger partial charge in [-0.1, -0.05) is 12.1 Å². The van der Waals surface area contributed by atoms with Gasteiger partial charge in [0.05, 0.1) is 31.3 Å². The van der Waals surface area contributed by atoms with Crippen LogP contribution in [0.25, 0.3) is 6.08 Å². The second kappa shape index (κ2) is 8.56. The summed E-state index contributed by atoms with van der Waals surface area (Å²) in [5, 5.41) is 11.1. The van der Waals surface area contributed by atoms with Gasteiger partial charge in [0, 0.05) is 23.7 Å². The van der Waals surface area contributed by atoms with Gasteiger partial charge in [0.25, 0.3) is 5.69 Å². The van der Waals surface area contributed by atoms with Crippen molar-refractivity contribution in [2.24, 2.45) is 0 Å². The number of amides is 1. The van der Waals surface area contributed by atoms with Crippen LogP contribution in [-0.2, 0) is 11.3 Å². The zero-order chi connectivity index (χ0) is 20.1. The molecule has 1 saturated carbocycles. The van der Waals surface area contributed by atoms with Crippen molar-refractivity contribution in [1.82, 2.24) is 4.90 Å². The summed E-state index contributed by atoms with van der Waals surface area (Å²) >= 11 is 0. The van der Waals surface area contributed by atoms with Gasteiger partial charge in [-0.2, -0.15) is 0 Å². The summed E-state index contributed by atoms with van der Waals surface area (Å²) in [6, 6.07) is 12.0. The molecule has 1 amide bonds. The van der Waals surface area contributed by atoms with Gasteiger partial charge >= 0.3 is 0 Å². The van der Waals surface area contributed by atoms with Gasteiger partial charge in [-0.15, -0.1) is 0 Å². The number of rotatable bonds is 8. The van der Waals surface area contributed by atoms with Crippen molar-refractivity contribution >= 4 is 17.7 Å². The average molecular weight is 382 g/mol. The van der Waals surface area contributed by atoms with Crippen molar-refractivity contribution in [1.29, 1.82) is 0 Å². The van der Waals surface area contributed by atoms with E-state index in [0.29, 0.717) is 23.6 Å². The topological polar surface area (TPSA) is 81.9 Å². The molecule has 2 aromatic carbocycles. The Bertz CT molecular complexity index is 905. The highest BCUT2D eigenvalue weighted by Gasteiger charge is 2.32. The molecule has 7 nitrogen and oxygen atoms in total. The van der Waals surface area contributed by atoms with Gasteiger partial charge in [-0.05, 0) is 43.2 Å². The van der Waals surface area contributed by atoms with E-state index >= 15 is 0 Å². The van der Waals surface area contributed by atoms with Gasteiger partial charge in [-0.25, -0.2) is 0 Å². The summed E-state index contributed by atoms with van der Waals surface area (Å²) in [5.41, 5.74) is 1.22. The number of benzene rings is 2. The molecule has 28 heavy (non-hydrogen) atoms. The Balaban J connectivity index is 1.82. The fraction of sp³-hybridized carbons (Fsp3) is 0.286. The van der Waals surface area contributed by atoms with Crippen LogP contribution in [0, 0.1) is 10.1 Å². The second-order valence-electron chi connectivity index (χ2n) is 6.52. The lowest BCUT2D eigenvalue weighted by Gasteiger charge is -2.22. The summed E-state index contributed by atoms with van der Waals surface area (Å²) in [4.78, 5) is 25.3. The van der Waals surface area contributed by atoms with E-state index in [0.717, 1.165) is 18.4 Å². The van der Waals surface area contributed by atoms with Gasteiger partial charge in [-0.3, -0.25) is 14.9 Å². The minimum absolute atomic E-state index is 0.0287. The minimum Gasteiger partial charge on any atom is -0.497 e. The minimum atomic E-state index is -0.454. The van der Waals surface area contributed by atoms with Crippen LogP contribution >= 0.6 is 0 Å². The summed E-state index contributed by atoms with van der Waals surface area (Å²) in [6.07, 6.45) is 4.78. The van der Waals surface area contributed by atoms with Crippen LogP contribution in [0.3, 0.4) is 0 Å². The molecule has 0 saturated heterocycles. The van der Waals surface area contributed by atoms with E-state index in [9.17, 15) is 14.9 Å². The maximum atomic E-state index is 12.8. The number of para-hydroxylation sites is 1. The number of nitrogens with zero attached hydrogens (tertiary/aromatic N) is 2. The molecule has 0 heterocycles. The predicted octanol–water partition coefficient (Wildman–Crippen LogP) is 3.82. The fourth-order valence-corrected chi connectivity index (χ4v) is 3.01. The van der Waals surface area contributed by atoms with E-state index in [-0.39, 0.29) is 17.6 Å². The molecule has 7 heteroatoms. The van der Waals surface area contributed by atoms with E-state index in [1.165, 1.54) is 18.2 Å². The molecule has 0 bridgehead atoms. The summed E-state index contributed by atoms with van der Waals surface area (Å²) in [6.45, 7) is 0.380. The molecule has 2 aromatic rings. The Hall–Kier alpha value is -3.35. The average Bonchev–Trinajstić information content (AvgIpc) is 3.55. The van der Waals surface area contributed by atoms with Gasteiger partial charge < -0.3 is 14.4 Å². The lowest BCUT2D eigenvalue weighted by atomic mass is 10.1. The molecule has 0 aromatic heterocycles. The van der Waals surface area contributed by atoms with Crippen molar-refractivity contribution in [2.45, 2.75) is 25.4 Å². The van der Waals surface area contributed by atoms with Gasteiger partial charge in [0.1, 0.15) is 11.5 Å². The number of ether oxygens (including phenoxy) is 2. The first-order chi connectivity index (χ1) is 13.5. The second-order valence-corrected chi connectivity index (χ2v) is 6.52. The summed E-state index contributed by atoms with van der Waals surface area (Å²) < 4.78 is 10.7. The van der Waals surface area contributed by atoms with Gasteiger partial charge in [0.2, 0.25) is 5.91 Å². The number of nitro groups is 1. The van der Waals surface area contributed by atoms with Crippen LogP contribution in [0.5, 0.6) is 11.5 Å². The van der Waals surface area contributed by atoms with E-state index in [1.807, 2.05) is 12.1 Å². The molecule has 1 fully saturated rings. The van der Waals surface area contributed by atoms with E-state index in [4.69, 9.17) is 9.47 Å². The third-order valence-electron chi connectivity index (χ3n) is 4.64. The zero-order valence-electron chi connectivity index (χ0n) is 15.8. The molecule has 0 spiro atoms. The first-order valence-corrected chi connectivity index (χ1v) is 8.96. The molecule has 0 atom stereocenters. The maximum absolute atomic E-state index is 12.8. The van der Waals surface area contributed by atoms with E-state index in [2.05, 4.69) is 0 Å². The summed E-state index contributed by atoms with van der Waals surface area (Å²) in [5.74, 6) is 1.18. The van der Waals surface area contributed by atoms with E-state index in [1.54, 1.807) is 43.4 Å². The van der Waals surface area contributed by atoms with Crippen molar-refractivity contribution in [3.63, 3.8) is 0 Å². The molecular weight excluding hydrogens is 360 g/mol. The molecule has 3 rings (SSSR count). The van der Waals surface area contributed by atoms with Crippen LogP contribution < -0.4 is 9.47 Å². The Morgan fingerprint density at radius 1 is 1.21 bits per heavy atom. The van der Waals surface area contributed by atoms with E-state index < -0.39 is 4.92 Å². The molecule has 0 radical (unpaired) electrons. The molecule has 0 unspecified atom stereocenters. The van der Waals surface area contributed by atoms with Crippen molar-refractivity contribution in [3.8, 4) is 11.5 Å². The Kier molecular flexibility index (Phi) is 5.93. The normalized spacial score (nSPS) is 13.4. The molecule has 1 aliphatic carbocycles. The van der Waals surface area contributed by atoms with Crippen molar-refractivity contribution in [2.75, 3.05) is 14.2 Å². The SMILES string of the molecule is COc1ccc(OC)c(CN(C(=O)/C=C/c2ccccc2[N+](=O)[O-])C2CC2)c1. The molecule has 146 valence electrons. The maximum Gasteiger partial charge on any atom is 0.276 e. The van der Waals surface area contributed by atoms with Crippen LogP contribution in [0.2, 0.25) is 0 Å². The standard InChI is InChI=1S/C21H22N2O5/c1-27-18-10-11-20(28-2)16(13-18)14-22(17-8-9-17)21(24)12-7-15-5-3-4-6-19(15)23(25)26/h3-7,10-13,17H,8-9,14H2,1-2H3/b12-7+. The lowest BCUT2D eigenvalue weighted by molar-refractivity contribution is -0.385. The first-order valence-electron chi connectivity index (χ1n) is 8.96. The monoisotopic (exact) mass is 382 g/mol. The third kappa shape index (κ3) is 4.49. The van der Waals surface area contributed by atoms with Crippen LogP contribution in [-0.4, -0.2) is 36.0 Å². The zero-order valence-corrected chi connectivity index (χ0v) is 15.8. The fourth-order valence-electron chi connectivity index (χ4n) is 3.01. The smallest absolute Gasteiger partial charge is 0.276 e. The largest absolute Gasteiger partial charge is 0.497 e. The highest BCUT2D eigenvalue weighted by Crippen LogP contribution is 2.32. The quantitative estimate of drug-likeness (QED) is 0.394. The van der Waals surface area contributed by atoms with Crippen molar-refractivity contribution < 1.29 is 19.2 Å². The number of carbonyl (C=O) groups is 1. The van der Waals surface area contributed by atoms with Crippen LogP contribution in [0.1, 0.15) is 24.0 Å². The Labute approximate surface area is 163 Å². The predicted molar refractivity (Wildman–Crippen MR) is 105 cm³/mol. The Morgan fingerprint density at radius 2 is 1.96 bits per heavy atom. The number of hydrogen-bond acceptors (Lipinski definition) is 5. The first kappa shape index (κ1) is 19.4. The highest BCUT2D eigenvalue weighted by molar-refractivity contribution is 5.92. The number of nitro benzene ring substituents is 1. The summed E-state index contributed by atoms with van der Waals surface area (Å²) in [7, 11) is 3.17. The Morgan fingerprint density at radius 3 is 2.61 bits per heavy atom. The molecular formula is C21H22N2O5. The molecule has 0 aliphatic heterocycles. The molecule has 1 aliphatic rings. The third-order valence-corrected chi connectivity index (χ3v) is 4.64. The number of hydrogen-bond donors (Lipinski definition) is 0. The number of carbonyl (C=O) groups excluding carboxylic acids is 1. The lowest BCUT2D eigenvalue weighted by Crippen LogP contribution is -2.31. The number of methoxy groups -OCH3 is 2. The molecule has 0 N–H and O–H groups in total. The van der Waals surface area contributed by atoms with Gasteiger partial charge in [0.15, 0.2) is 0 Å².